The second-order valence-corrected chi connectivity index (χ2v) is 5.67. The van der Waals surface area contributed by atoms with E-state index < -0.39 is 0 Å². The lowest BCUT2D eigenvalue weighted by molar-refractivity contribution is -0.142. The van der Waals surface area contributed by atoms with Crippen LogP contribution in [-0.2, 0) is 14.3 Å². The largest absolute Gasteiger partial charge is 0.469 e. The van der Waals surface area contributed by atoms with Crippen molar-refractivity contribution in [2.24, 2.45) is 0 Å². The van der Waals surface area contributed by atoms with Crippen LogP contribution in [0.2, 0.25) is 0 Å². The number of esters is 1. The van der Waals surface area contributed by atoms with Crippen molar-refractivity contribution in [3.8, 4) is 0 Å². The van der Waals surface area contributed by atoms with Crippen LogP contribution in [0.3, 0.4) is 0 Å². The molecule has 2 heterocycles. The first-order valence-corrected chi connectivity index (χ1v) is 7.80. The maximum Gasteiger partial charge on any atom is 0.305 e. The van der Waals surface area contributed by atoms with Crippen molar-refractivity contribution in [2.45, 2.75) is 32.6 Å². The first kappa shape index (κ1) is 16.3. The molecule has 22 heavy (non-hydrogen) atoms. The molecular formula is C13H18N4O4S. The quantitative estimate of drug-likeness (QED) is 0.742. The molecule has 2 amide bonds. The van der Waals surface area contributed by atoms with Crippen molar-refractivity contribution >= 4 is 29.3 Å². The third kappa shape index (κ3) is 3.59. The standard InChI is InChI=1S/C13H18N4O4S/c1-9-12(22-15-14-9)13(20)17-8-4-7-16(17)10(18)5-3-6-11(19)21-2/h3-8H2,1-2H3. The molecule has 0 bridgehead atoms. The van der Waals surface area contributed by atoms with Crippen LogP contribution in [0.1, 0.15) is 41.0 Å². The smallest absolute Gasteiger partial charge is 0.305 e. The van der Waals surface area contributed by atoms with Gasteiger partial charge in [-0.25, -0.2) is 5.01 Å². The lowest BCUT2D eigenvalue weighted by Gasteiger charge is -2.27. The highest BCUT2D eigenvalue weighted by atomic mass is 32.1. The Bertz CT molecular complexity index is 574. The van der Waals surface area contributed by atoms with E-state index in [1.165, 1.54) is 17.1 Å². The molecule has 2 rings (SSSR count). The molecule has 0 unspecified atom stereocenters. The molecule has 1 saturated heterocycles. The molecule has 0 aromatic carbocycles. The van der Waals surface area contributed by atoms with Crippen LogP contribution in [0.15, 0.2) is 0 Å². The molecule has 8 nitrogen and oxygen atoms in total. The molecule has 1 aromatic heterocycles. The van der Waals surface area contributed by atoms with Gasteiger partial charge in [-0.3, -0.25) is 19.4 Å². The number of carbonyl (C=O) groups excluding carboxylic acids is 3. The van der Waals surface area contributed by atoms with Crippen LogP contribution in [0.5, 0.6) is 0 Å². The van der Waals surface area contributed by atoms with E-state index in [4.69, 9.17) is 0 Å². The topological polar surface area (TPSA) is 92.7 Å². The summed E-state index contributed by atoms with van der Waals surface area (Å²) in [5.74, 6) is -0.746. The van der Waals surface area contributed by atoms with Gasteiger partial charge in [0.1, 0.15) is 4.88 Å². The van der Waals surface area contributed by atoms with Crippen molar-refractivity contribution in [1.29, 1.82) is 0 Å². The number of amides is 2. The molecule has 1 fully saturated rings. The number of aryl methyl sites for hydroxylation is 1. The summed E-state index contributed by atoms with van der Waals surface area (Å²) in [4.78, 5) is 36.2. The number of ether oxygens (including phenoxy) is 1. The fourth-order valence-corrected chi connectivity index (χ4v) is 2.84. The van der Waals surface area contributed by atoms with Gasteiger partial charge in [0.25, 0.3) is 5.91 Å². The Hall–Kier alpha value is -2.03. The number of rotatable bonds is 5. The molecular weight excluding hydrogens is 308 g/mol. The third-order valence-electron chi connectivity index (χ3n) is 3.40. The zero-order chi connectivity index (χ0) is 16.1. The second-order valence-electron chi connectivity index (χ2n) is 4.92. The monoisotopic (exact) mass is 326 g/mol. The summed E-state index contributed by atoms with van der Waals surface area (Å²) >= 11 is 1.03. The molecule has 1 aromatic rings. The third-order valence-corrected chi connectivity index (χ3v) is 4.21. The number of nitrogens with zero attached hydrogens (tertiary/aromatic N) is 4. The minimum Gasteiger partial charge on any atom is -0.469 e. The molecule has 0 spiro atoms. The average molecular weight is 326 g/mol. The van der Waals surface area contributed by atoms with Crippen molar-refractivity contribution in [3.63, 3.8) is 0 Å². The minimum atomic E-state index is -0.339. The van der Waals surface area contributed by atoms with Crippen molar-refractivity contribution < 1.29 is 19.1 Å². The number of aromatic nitrogens is 2. The van der Waals surface area contributed by atoms with Crippen LogP contribution in [0, 0.1) is 6.92 Å². The normalized spacial score (nSPS) is 14.3. The zero-order valence-corrected chi connectivity index (χ0v) is 13.4. The molecule has 1 aliphatic rings. The maximum absolute atomic E-state index is 12.5. The maximum atomic E-state index is 12.5. The summed E-state index contributed by atoms with van der Waals surface area (Å²) in [7, 11) is 1.32. The summed E-state index contributed by atoms with van der Waals surface area (Å²) in [6, 6.07) is 0. The summed E-state index contributed by atoms with van der Waals surface area (Å²) in [5, 5.41) is 6.73. The van der Waals surface area contributed by atoms with Crippen LogP contribution in [0.25, 0.3) is 0 Å². The minimum absolute atomic E-state index is 0.162. The van der Waals surface area contributed by atoms with Crippen LogP contribution in [0.4, 0.5) is 0 Å². The fraction of sp³-hybridized carbons (Fsp3) is 0.615. The second kappa shape index (κ2) is 7.30. The van der Waals surface area contributed by atoms with E-state index >= 15 is 0 Å². The van der Waals surface area contributed by atoms with Gasteiger partial charge in [-0.2, -0.15) is 0 Å². The first-order chi connectivity index (χ1) is 10.5. The van der Waals surface area contributed by atoms with Gasteiger partial charge in [-0.1, -0.05) is 4.49 Å². The molecule has 0 saturated carbocycles. The lowest BCUT2D eigenvalue weighted by atomic mass is 10.2. The molecule has 9 heteroatoms. The predicted octanol–water partition coefficient (Wildman–Crippen LogP) is 0.779. The van der Waals surface area contributed by atoms with Gasteiger partial charge in [0.15, 0.2) is 0 Å². The van der Waals surface area contributed by atoms with E-state index in [9.17, 15) is 14.4 Å². The fourth-order valence-electron chi connectivity index (χ4n) is 2.24. The highest BCUT2D eigenvalue weighted by Crippen LogP contribution is 2.20. The number of hydrogen-bond donors (Lipinski definition) is 0. The van der Waals surface area contributed by atoms with Crippen LogP contribution in [-0.4, -0.2) is 57.6 Å². The highest BCUT2D eigenvalue weighted by Gasteiger charge is 2.32. The molecule has 1 aliphatic heterocycles. The Morgan fingerprint density at radius 2 is 1.95 bits per heavy atom. The zero-order valence-electron chi connectivity index (χ0n) is 12.6. The van der Waals surface area contributed by atoms with Gasteiger partial charge in [0, 0.05) is 25.9 Å². The molecule has 0 atom stereocenters. The van der Waals surface area contributed by atoms with Crippen molar-refractivity contribution in [3.05, 3.63) is 10.6 Å². The van der Waals surface area contributed by atoms with E-state index in [2.05, 4.69) is 14.3 Å². The van der Waals surface area contributed by atoms with Gasteiger partial charge in [0.2, 0.25) is 5.91 Å². The summed E-state index contributed by atoms with van der Waals surface area (Å²) < 4.78 is 8.29. The van der Waals surface area contributed by atoms with Gasteiger partial charge >= 0.3 is 5.97 Å². The number of carbonyl (C=O) groups is 3. The summed E-state index contributed by atoms with van der Waals surface area (Å²) in [6.07, 6.45) is 1.55. The van der Waals surface area contributed by atoms with Crippen LogP contribution >= 0.6 is 11.5 Å². The van der Waals surface area contributed by atoms with Gasteiger partial charge in [-0.05, 0) is 31.3 Å². The van der Waals surface area contributed by atoms with Crippen molar-refractivity contribution in [2.75, 3.05) is 20.2 Å². The Balaban J connectivity index is 1.95. The number of methoxy groups -OCH3 is 1. The summed E-state index contributed by atoms with van der Waals surface area (Å²) in [5.41, 5.74) is 0.569. The van der Waals surface area contributed by atoms with E-state index in [-0.39, 0.29) is 30.6 Å². The average Bonchev–Trinajstić information content (AvgIpc) is 3.14. The van der Waals surface area contributed by atoms with Gasteiger partial charge in [-0.15, -0.1) is 5.10 Å². The Kier molecular flexibility index (Phi) is 5.42. The van der Waals surface area contributed by atoms with E-state index in [1.807, 2.05) is 0 Å². The van der Waals surface area contributed by atoms with E-state index in [0.717, 1.165) is 18.0 Å². The number of hydrogen-bond acceptors (Lipinski definition) is 7. The predicted molar refractivity (Wildman–Crippen MR) is 77.9 cm³/mol. The Labute approximate surface area is 132 Å². The first-order valence-electron chi connectivity index (χ1n) is 7.02. The van der Waals surface area contributed by atoms with E-state index in [1.54, 1.807) is 6.92 Å². The number of hydrazine groups is 1. The SMILES string of the molecule is COC(=O)CCCC(=O)N1CCCN1C(=O)c1snnc1C. The highest BCUT2D eigenvalue weighted by molar-refractivity contribution is 7.07. The molecule has 0 N–H and O–H groups in total. The molecule has 0 radical (unpaired) electrons. The Morgan fingerprint density at radius 1 is 1.23 bits per heavy atom. The van der Waals surface area contributed by atoms with Crippen molar-refractivity contribution in [1.82, 2.24) is 19.6 Å². The molecule has 120 valence electrons. The summed E-state index contributed by atoms with van der Waals surface area (Å²) in [6.45, 7) is 2.72. The lowest BCUT2D eigenvalue weighted by Crippen LogP contribution is -2.44. The van der Waals surface area contributed by atoms with Crippen LogP contribution < -0.4 is 0 Å². The molecule has 0 aliphatic carbocycles. The Morgan fingerprint density at radius 3 is 2.59 bits per heavy atom. The van der Waals surface area contributed by atoms with E-state index in [0.29, 0.717) is 30.1 Å². The van der Waals surface area contributed by atoms with Gasteiger partial charge in [0.05, 0.1) is 12.8 Å². The van der Waals surface area contributed by atoms with Gasteiger partial charge < -0.3 is 4.74 Å².